The van der Waals surface area contributed by atoms with Gasteiger partial charge in [0.05, 0.1) is 0 Å². The van der Waals surface area contributed by atoms with Gasteiger partial charge in [0.1, 0.15) is 5.75 Å². The van der Waals surface area contributed by atoms with Gasteiger partial charge in [-0.25, -0.2) is 0 Å². The minimum atomic E-state index is -4.37. The van der Waals surface area contributed by atoms with Crippen molar-refractivity contribution < 1.29 is 17.9 Å². The number of hydrogen-bond acceptors (Lipinski definition) is 2. The van der Waals surface area contributed by atoms with Crippen LogP contribution >= 0.6 is 0 Å². The van der Waals surface area contributed by atoms with Gasteiger partial charge < -0.3 is 10.5 Å². The smallest absolute Gasteiger partial charge is 0.422 e. The largest absolute Gasteiger partial charge is 0.483 e. The Morgan fingerprint density at radius 3 is 2.11 bits per heavy atom. The Hall–Kier alpha value is -2.17. The number of nitrogen functional groups attached to an aromatic ring is 1. The van der Waals surface area contributed by atoms with Gasteiger partial charge in [-0.1, -0.05) is 36.4 Å². The summed E-state index contributed by atoms with van der Waals surface area (Å²) in [5, 5.41) is 0. The van der Waals surface area contributed by atoms with Crippen LogP contribution in [0, 0.1) is 0 Å². The molecule has 2 N–H and O–H groups in total. The number of rotatable bonds is 3. The van der Waals surface area contributed by atoms with Gasteiger partial charge in [-0.05, 0) is 12.1 Å². The van der Waals surface area contributed by atoms with E-state index in [1.54, 1.807) is 42.5 Å². The van der Waals surface area contributed by atoms with Crippen LogP contribution in [0.2, 0.25) is 0 Å². The fraction of sp³-hybridized carbons (Fsp3) is 0.143. The van der Waals surface area contributed by atoms with Gasteiger partial charge in [-0.2, -0.15) is 13.2 Å². The first-order chi connectivity index (χ1) is 8.97. The summed E-state index contributed by atoms with van der Waals surface area (Å²) >= 11 is 0. The van der Waals surface area contributed by atoms with Gasteiger partial charge in [-0.15, -0.1) is 0 Å². The highest BCUT2D eigenvalue weighted by Gasteiger charge is 2.28. The molecule has 0 aliphatic heterocycles. The normalized spacial score (nSPS) is 11.3. The van der Waals surface area contributed by atoms with Gasteiger partial charge in [0.25, 0.3) is 0 Å². The van der Waals surface area contributed by atoms with Crippen molar-refractivity contribution in [3.8, 4) is 16.9 Å². The molecule has 2 rings (SSSR count). The monoisotopic (exact) mass is 267 g/mol. The van der Waals surface area contributed by atoms with E-state index in [9.17, 15) is 13.2 Å². The Balaban J connectivity index is 2.34. The van der Waals surface area contributed by atoms with E-state index in [2.05, 4.69) is 0 Å². The Morgan fingerprint density at radius 1 is 0.895 bits per heavy atom. The maximum Gasteiger partial charge on any atom is 0.422 e. The molecule has 2 nitrogen and oxygen atoms in total. The van der Waals surface area contributed by atoms with Crippen LogP contribution in [0.5, 0.6) is 5.75 Å². The van der Waals surface area contributed by atoms with Crippen molar-refractivity contribution in [2.45, 2.75) is 6.18 Å². The summed E-state index contributed by atoms with van der Waals surface area (Å²) < 4.78 is 41.4. The van der Waals surface area contributed by atoms with Gasteiger partial charge in [0.2, 0.25) is 0 Å². The summed E-state index contributed by atoms with van der Waals surface area (Å²) in [6.07, 6.45) is -4.37. The lowest BCUT2D eigenvalue weighted by molar-refractivity contribution is -0.153. The number of ether oxygens (including phenoxy) is 1. The third-order valence-corrected chi connectivity index (χ3v) is 2.53. The van der Waals surface area contributed by atoms with Crippen molar-refractivity contribution in [3.05, 3.63) is 48.5 Å². The van der Waals surface area contributed by atoms with Crippen molar-refractivity contribution >= 4 is 5.69 Å². The highest BCUT2D eigenvalue weighted by atomic mass is 19.4. The van der Waals surface area contributed by atoms with Gasteiger partial charge in [-0.3, -0.25) is 0 Å². The quantitative estimate of drug-likeness (QED) is 0.856. The van der Waals surface area contributed by atoms with E-state index in [1.165, 1.54) is 6.07 Å². The minimum absolute atomic E-state index is 0.165. The van der Waals surface area contributed by atoms with E-state index in [4.69, 9.17) is 10.5 Å². The molecule has 100 valence electrons. The molecule has 0 aliphatic rings. The van der Waals surface area contributed by atoms with E-state index >= 15 is 0 Å². The summed E-state index contributed by atoms with van der Waals surface area (Å²) in [6, 6.07) is 13.5. The van der Waals surface area contributed by atoms with Crippen LogP contribution in [0.15, 0.2) is 48.5 Å². The second-order valence-corrected chi connectivity index (χ2v) is 3.99. The fourth-order valence-electron chi connectivity index (χ4n) is 1.72. The summed E-state index contributed by atoms with van der Waals surface area (Å²) in [5.41, 5.74) is 7.52. The van der Waals surface area contributed by atoms with Gasteiger partial charge in [0, 0.05) is 16.8 Å². The Labute approximate surface area is 108 Å². The molecule has 0 amide bonds. The van der Waals surface area contributed by atoms with Gasteiger partial charge >= 0.3 is 6.18 Å². The van der Waals surface area contributed by atoms with Crippen molar-refractivity contribution in [3.63, 3.8) is 0 Å². The second kappa shape index (κ2) is 5.22. The highest BCUT2D eigenvalue weighted by molar-refractivity contribution is 5.80. The fourth-order valence-corrected chi connectivity index (χ4v) is 1.72. The molecule has 19 heavy (non-hydrogen) atoms. The highest BCUT2D eigenvalue weighted by Crippen LogP contribution is 2.34. The van der Waals surface area contributed by atoms with Crippen molar-refractivity contribution in [1.29, 1.82) is 0 Å². The molecule has 0 unspecified atom stereocenters. The zero-order valence-corrected chi connectivity index (χ0v) is 9.95. The van der Waals surface area contributed by atoms with E-state index < -0.39 is 12.8 Å². The first-order valence-electron chi connectivity index (χ1n) is 5.61. The summed E-state index contributed by atoms with van der Waals surface area (Å²) in [6.45, 7) is -1.32. The molecule has 0 atom stereocenters. The second-order valence-electron chi connectivity index (χ2n) is 3.99. The zero-order chi connectivity index (χ0) is 13.9. The number of hydrogen-bond donors (Lipinski definition) is 1. The molecule has 0 saturated heterocycles. The predicted molar refractivity (Wildman–Crippen MR) is 67.8 cm³/mol. The maximum absolute atomic E-state index is 12.2. The molecule has 0 aromatic heterocycles. The lowest BCUT2D eigenvalue weighted by atomic mass is 10.0. The van der Waals surface area contributed by atoms with Crippen LogP contribution in [0.4, 0.5) is 18.9 Å². The minimum Gasteiger partial charge on any atom is -0.483 e. The van der Waals surface area contributed by atoms with Crippen LogP contribution in [0.25, 0.3) is 11.1 Å². The lowest BCUT2D eigenvalue weighted by Crippen LogP contribution is -2.19. The first-order valence-corrected chi connectivity index (χ1v) is 5.61. The molecule has 2 aromatic carbocycles. The van der Waals surface area contributed by atoms with Crippen LogP contribution in [-0.4, -0.2) is 12.8 Å². The van der Waals surface area contributed by atoms with Crippen LogP contribution in [0.1, 0.15) is 0 Å². The molecule has 0 fully saturated rings. The summed E-state index contributed by atoms with van der Waals surface area (Å²) in [5.74, 6) is 0.165. The molecule has 0 saturated carbocycles. The standard InChI is InChI=1S/C14H12F3NO/c15-14(16,17)9-19-13-8-4-2-6-11(13)10-5-1-3-7-12(10)18/h1-8H,9,18H2. The van der Waals surface area contributed by atoms with E-state index in [0.717, 1.165) is 0 Å². The Kier molecular flexibility index (Phi) is 3.64. The SMILES string of the molecule is Nc1ccccc1-c1ccccc1OCC(F)(F)F. The topological polar surface area (TPSA) is 35.2 Å². The summed E-state index contributed by atoms with van der Waals surface area (Å²) in [4.78, 5) is 0. The molecule has 2 aromatic rings. The summed E-state index contributed by atoms with van der Waals surface area (Å²) in [7, 11) is 0. The van der Waals surface area contributed by atoms with E-state index in [1.807, 2.05) is 0 Å². The Bertz CT molecular complexity index is 567. The first kappa shape index (κ1) is 13.3. The van der Waals surface area contributed by atoms with E-state index in [-0.39, 0.29) is 5.75 Å². The molecular weight excluding hydrogens is 255 g/mol. The van der Waals surface area contributed by atoms with Crippen molar-refractivity contribution in [2.24, 2.45) is 0 Å². The molecule has 0 spiro atoms. The molecule has 0 radical (unpaired) electrons. The van der Waals surface area contributed by atoms with Crippen molar-refractivity contribution in [1.82, 2.24) is 0 Å². The van der Waals surface area contributed by atoms with E-state index in [0.29, 0.717) is 16.8 Å². The van der Waals surface area contributed by atoms with Crippen LogP contribution in [0.3, 0.4) is 0 Å². The molecule has 0 bridgehead atoms. The van der Waals surface area contributed by atoms with Crippen LogP contribution in [-0.2, 0) is 0 Å². The third-order valence-electron chi connectivity index (χ3n) is 2.53. The molecular formula is C14H12F3NO. The number of para-hydroxylation sites is 2. The predicted octanol–water partition coefficient (Wildman–Crippen LogP) is 3.88. The lowest BCUT2D eigenvalue weighted by Gasteiger charge is -2.14. The van der Waals surface area contributed by atoms with Gasteiger partial charge in [0.15, 0.2) is 6.61 Å². The van der Waals surface area contributed by atoms with Crippen LogP contribution < -0.4 is 10.5 Å². The molecule has 0 aliphatic carbocycles. The molecule has 5 heteroatoms. The Morgan fingerprint density at radius 2 is 1.47 bits per heavy atom. The number of benzene rings is 2. The third kappa shape index (κ3) is 3.40. The number of anilines is 1. The molecule has 0 heterocycles. The average molecular weight is 267 g/mol. The van der Waals surface area contributed by atoms with Crippen molar-refractivity contribution in [2.75, 3.05) is 12.3 Å². The average Bonchev–Trinajstić information content (AvgIpc) is 2.37. The zero-order valence-electron chi connectivity index (χ0n) is 9.95. The number of halogens is 3. The maximum atomic E-state index is 12.2. The number of nitrogens with two attached hydrogens (primary N) is 1. The number of alkyl halides is 3.